The van der Waals surface area contributed by atoms with Crippen LogP contribution in [0.3, 0.4) is 0 Å². The van der Waals surface area contributed by atoms with Crippen molar-refractivity contribution in [1.82, 2.24) is 15.5 Å². The van der Waals surface area contributed by atoms with E-state index in [4.69, 9.17) is 9.73 Å². The number of nitrogens with one attached hydrogen (secondary N) is 2. The lowest BCUT2D eigenvalue weighted by Crippen LogP contribution is -2.50. The zero-order chi connectivity index (χ0) is 18.8. The highest BCUT2D eigenvalue weighted by Crippen LogP contribution is 2.32. The van der Waals surface area contributed by atoms with Crippen LogP contribution in [0.2, 0.25) is 0 Å². The van der Waals surface area contributed by atoms with Gasteiger partial charge in [-0.05, 0) is 45.1 Å². The van der Waals surface area contributed by atoms with Gasteiger partial charge in [0.1, 0.15) is 0 Å². The molecule has 0 aliphatic carbocycles. The van der Waals surface area contributed by atoms with Crippen molar-refractivity contribution in [3.05, 3.63) is 0 Å². The Balaban J connectivity index is 0.00000364. The molecule has 0 aromatic rings. The Hall–Kier alpha value is -0.120. The minimum Gasteiger partial charge on any atom is -0.396 e. The van der Waals surface area contributed by atoms with E-state index in [-0.39, 0.29) is 36.0 Å². The van der Waals surface area contributed by atoms with E-state index in [0.29, 0.717) is 25.1 Å². The lowest BCUT2D eigenvalue weighted by molar-refractivity contribution is 0.130. The molecule has 2 fully saturated rings. The van der Waals surface area contributed by atoms with Gasteiger partial charge in [-0.1, -0.05) is 20.3 Å². The van der Waals surface area contributed by atoms with E-state index >= 15 is 0 Å². The van der Waals surface area contributed by atoms with Gasteiger partial charge in [0, 0.05) is 44.3 Å². The molecule has 2 atom stereocenters. The molecule has 27 heavy (non-hydrogen) atoms. The second kappa shape index (κ2) is 13.2. The van der Waals surface area contributed by atoms with Gasteiger partial charge in [-0.2, -0.15) is 0 Å². The zero-order valence-corrected chi connectivity index (χ0v) is 19.8. The molecular formula is C20H41IN4O2. The molecule has 2 aliphatic heterocycles. The molecular weight excluding hydrogens is 455 g/mol. The molecule has 3 N–H and O–H groups in total. The Labute approximate surface area is 182 Å². The second-order valence-corrected chi connectivity index (χ2v) is 8.39. The summed E-state index contributed by atoms with van der Waals surface area (Å²) in [6.07, 6.45) is 5.66. The summed E-state index contributed by atoms with van der Waals surface area (Å²) in [5, 5.41) is 16.3. The number of guanidine groups is 1. The summed E-state index contributed by atoms with van der Waals surface area (Å²) in [6, 6.07) is 0.594. The maximum atomic E-state index is 9.39. The van der Waals surface area contributed by atoms with Gasteiger partial charge in [0.05, 0.1) is 13.2 Å². The molecule has 0 aromatic carbocycles. The average Bonchev–Trinajstić information content (AvgIpc) is 3.07. The largest absolute Gasteiger partial charge is 0.396 e. The van der Waals surface area contributed by atoms with E-state index in [0.717, 1.165) is 38.5 Å². The predicted octanol–water partition coefficient (Wildman–Crippen LogP) is 2.46. The molecule has 2 rings (SSSR count). The SMILES string of the molecule is CCNC(=NCC1(CCO)CCOC1)NCC1CCCCN1CC(C)C.I. The minimum absolute atomic E-state index is 0. The molecule has 6 nitrogen and oxygen atoms in total. The number of halogens is 1. The standard InChI is InChI=1S/C20H40N4O2.HI/c1-4-21-19(23-15-20(8-11-25)9-12-26-16-20)22-13-18-7-5-6-10-24(18)14-17(2)3;/h17-18,25H,4-16H2,1-3H3,(H2,21,22,23);1H. The molecule has 2 unspecified atom stereocenters. The number of likely N-dealkylation sites (tertiary alicyclic amines) is 1. The average molecular weight is 496 g/mol. The van der Waals surface area contributed by atoms with Crippen LogP contribution in [-0.4, -0.2) is 74.6 Å². The van der Waals surface area contributed by atoms with Crippen molar-refractivity contribution in [2.75, 3.05) is 52.5 Å². The van der Waals surface area contributed by atoms with Crippen molar-refractivity contribution in [3.63, 3.8) is 0 Å². The Bertz CT molecular complexity index is 428. The lowest BCUT2D eigenvalue weighted by Gasteiger charge is -2.37. The predicted molar refractivity (Wildman–Crippen MR) is 123 cm³/mol. The normalized spacial score (nSPS) is 26.9. The topological polar surface area (TPSA) is 69.1 Å². The fraction of sp³-hybridized carbons (Fsp3) is 0.950. The van der Waals surface area contributed by atoms with Crippen molar-refractivity contribution in [3.8, 4) is 0 Å². The van der Waals surface area contributed by atoms with Crippen LogP contribution in [-0.2, 0) is 4.74 Å². The van der Waals surface area contributed by atoms with E-state index < -0.39 is 0 Å². The highest BCUT2D eigenvalue weighted by Gasteiger charge is 2.34. The van der Waals surface area contributed by atoms with E-state index in [1.807, 2.05) is 0 Å². The maximum absolute atomic E-state index is 9.39. The fourth-order valence-corrected chi connectivity index (χ4v) is 4.09. The first-order valence-corrected chi connectivity index (χ1v) is 10.5. The summed E-state index contributed by atoms with van der Waals surface area (Å²) in [5.41, 5.74) is 0.00557. The molecule has 0 saturated carbocycles. The van der Waals surface area contributed by atoms with Gasteiger partial charge < -0.3 is 20.5 Å². The molecule has 0 radical (unpaired) electrons. The lowest BCUT2D eigenvalue weighted by atomic mass is 9.84. The zero-order valence-electron chi connectivity index (χ0n) is 17.5. The fourth-order valence-electron chi connectivity index (χ4n) is 4.09. The quantitative estimate of drug-likeness (QED) is 0.260. The molecule has 160 valence electrons. The molecule has 0 amide bonds. The summed E-state index contributed by atoms with van der Waals surface area (Å²) in [7, 11) is 0. The van der Waals surface area contributed by atoms with Crippen molar-refractivity contribution in [2.45, 2.75) is 58.9 Å². The van der Waals surface area contributed by atoms with Crippen LogP contribution < -0.4 is 10.6 Å². The monoisotopic (exact) mass is 496 g/mol. The van der Waals surface area contributed by atoms with Crippen molar-refractivity contribution in [2.24, 2.45) is 16.3 Å². The van der Waals surface area contributed by atoms with Crippen LogP contribution in [0.4, 0.5) is 0 Å². The van der Waals surface area contributed by atoms with Crippen molar-refractivity contribution < 1.29 is 9.84 Å². The first kappa shape index (κ1) is 24.9. The first-order chi connectivity index (χ1) is 12.6. The van der Waals surface area contributed by atoms with Crippen LogP contribution in [0.25, 0.3) is 0 Å². The Morgan fingerprint density at radius 1 is 1.33 bits per heavy atom. The molecule has 7 heteroatoms. The number of piperidine rings is 1. The van der Waals surface area contributed by atoms with E-state index in [1.165, 1.54) is 32.4 Å². The number of hydrogen-bond acceptors (Lipinski definition) is 4. The van der Waals surface area contributed by atoms with Crippen molar-refractivity contribution in [1.29, 1.82) is 0 Å². The van der Waals surface area contributed by atoms with E-state index in [9.17, 15) is 5.11 Å². The number of aliphatic hydroxyl groups is 1. The number of ether oxygens (including phenoxy) is 1. The first-order valence-electron chi connectivity index (χ1n) is 10.5. The Kier molecular flexibility index (Phi) is 12.2. The van der Waals surface area contributed by atoms with Crippen LogP contribution in [0, 0.1) is 11.3 Å². The maximum Gasteiger partial charge on any atom is 0.191 e. The molecule has 0 aromatic heterocycles. The molecule has 2 saturated heterocycles. The van der Waals surface area contributed by atoms with Gasteiger partial charge in [0.2, 0.25) is 0 Å². The summed E-state index contributed by atoms with van der Waals surface area (Å²) < 4.78 is 5.58. The van der Waals surface area contributed by atoms with Crippen LogP contribution in [0.1, 0.15) is 52.9 Å². The third-order valence-corrected chi connectivity index (χ3v) is 5.60. The molecule has 0 bridgehead atoms. The summed E-state index contributed by atoms with van der Waals surface area (Å²) in [4.78, 5) is 7.48. The molecule has 2 aliphatic rings. The number of nitrogens with zero attached hydrogens (tertiary/aromatic N) is 2. The Morgan fingerprint density at radius 3 is 2.78 bits per heavy atom. The number of aliphatic imine (C=N–C) groups is 1. The summed E-state index contributed by atoms with van der Waals surface area (Å²) >= 11 is 0. The van der Waals surface area contributed by atoms with Gasteiger partial charge >= 0.3 is 0 Å². The number of hydrogen-bond donors (Lipinski definition) is 3. The third-order valence-electron chi connectivity index (χ3n) is 5.60. The van der Waals surface area contributed by atoms with Gasteiger partial charge in [-0.3, -0.25) is 9.89 Å². The van der Waals surface area contributed by atoms with Crippen molar-refractivity contribution >= 4 is 29.9 Å². The number of rotatable bonds is 9. The van der Waals surface area contributed by atoms with Gasteiger partial charge in [0.25, 0.3) is 0 Å². The smallest absolute Gasteiger partial charge is 0.191 e. The van der Waals surface area contributed by atoms with Crippen LogP contribution in [0.5, 0.6) is 0 Å². The van der Waals surface area contributed by atoms with Crippen LogP contribution >= 0.6 is 24.0 Å². The third kappa shape index (κ3) is 8.41. The Morgan fingerprint density at radius 2 is 2.15 bits per heavy atom. The number of aliphatic hydroxyl groups excluding tert-OH is 1. The molecule has 0 spiro atoms. The van der Waals surface area contributed by atoms with Gasteiger partial charge in [0.15, 0.2) is 5.96 Å². The minimum atomic E-state index is 0. The highest BCUT2D eigenvalue weighted by atomic mass is 127. The van der Waals surface area contributed by atoms with Gasteiger partial charge in [-0.25, -0.2) is 0 Å². The van der Waals surface area contributed by atoms with E-state index in [2.05, 4.69) is 36.3 Å². The summed E-state index contributed by atoms with van der Waals surface area (Å²) in [5.74, 6) is 1.60. The van der Waals surface area contributed by atoms with E-state index in [1.54, 1.807) is 0 Å². The van der Waals surface area contributed by atoms with Gasteiger partial charge in [-0.15, -0.1) is 24.0 Å². The second-order valence-electron chi connectivity index (χ2n) is 8.39. The van der Waals surface area contributed by atoms with Crippen LogP contribution in [0.15, 0.2) is 4.99 Å². The molecule has 2 heterocycles. The summed E-state index contributed by atoms with van der Waals surface area (Å²) in [6.45, 7) is 13.3. The highest BCUT2D eigenvalue weighted by molar-refractivity contribution is 14.0.